The molecule has 1 aromatic carbocycles. The molecule has 5 atom stereocenters. The first-order valence-electron chi connectivity index (χ1n) is 11.6. The van der Waals surface area contributed by atoms with Crippen molar-refractivity contribution in [3.8, 4) is 0 Å². The van der Waals surface area contributed by atoms with Crippen LogP contribution in [0.1, 0.15) is 65.4 Å². The molecular weight excluding hydrogens is 374 g/mol. The van der Waals surface area contributed by atoms with Crippen molar-refractivity contribution in [3.05, 3.63) is 47.0 Å². The monoisotopic (exact) mass is 411 g/mol. The van der Waals surface area contributed by atoms with E-state index < -0.39 is 5.60 Å². The maximum Gasteiger partial charge on any atom is 0.310 e. The molecule has 2 aliphatic carbocycles. The molecule has 0 radical (unpaired) electrons. The van der Waals surface area contributed by atoms with Gasteiger partial charge in [0.05, 0.1) is 11.5 Å². The Kier molecular flexibility index (Phi) is 5.84. The molecule has 1 aromatic rings. The summed E-state index contributed by atoms with van der Waals surface area (Å²) in [6, 6.07) is 9.81. The Bertz CT molecular complexity index is 815. The highest BCUT2D eigenvalue weighted by molar-refractivity contribution is 5.76. The molecule has 3 aliphatic rings. The maximum atomic E-state index is 12.9. The van der Waals surface area contributed by atoms with Gasteiger partial charge < -0.3 is 9.84 Å². The Morgan fingerprint density at radius 2 is 2.03 bits per heavy atom. The van der Waals surface area contributed by atoms with E-state index in [4.69, 9.17) is 4.74 Å². The SMILES string of the molecule is CCN(CC1C(=O)O[C@@H]2C[C@@]3(C)CCCC(C)=C3C[C@H]12)C[C@@](C)(O)c1ccccc1. The second kappa shape index (κ2) is 8.12. The van der Waals surface area contributed by atoms with E-state index in [2.05, 4.69) is 25.7 Å². The zero-order chi connectivity index (χ0) is 21.5. The minimum Gasteiger partial charge on any atom is -0.462 e. The number of esters is 1. The van der Waals surface area contributed by atoms with Crippen LogP contribution in [0.3, 0.4) is 0 Å². The van der Waals surface area contributed by atoms with Gasteiger partial charge in [0.25, 0.3) is 0 Å². The first-order valence-corrected chi connectivity index (χ1v) is 11.6. The predicted octanol–water partition coefficient (Wildman–Crippen LogP) is 4.67. The van der Waals surface area contributed by atoms with Crippen molar-refractivity contribution in [1.82, 2.24) is 4.90 Å². The van der Waals surface area contributed by atoms with Crippen LogP contribution in [-0.4, -0.2) is 41.7 Å². The lowest BCUT2D eigenvalue weighted by molar-refractivity contribution is -0.145. The number of carbonyl (C=O) groups excluding carboxylic acids is 1. The van der Waals surface area contributed by atoms with Crippen LogP contribution in [0.5, 0.6) is 0 Å². The Morgan fingerprint density at radius 1 is 1.30 bits per heavy atom. The Balaban J connectivity index is 1.50. The molecule has 4 nitrogen and oxygen atoms in total. The van der Waals surface area contributed by atoms with Crippen molar-refractivity contribution in [2.24, 2.45) is 17.3 Å². The lowest BCUT2D eigenvalue weighted by Crippen LogP contribution is -2.44. The van der Waals surface area contributed by atoms with Gasteiger partial charge in [-0.3, -0.25) is 9.69 Å². The van der Waals surface area contributed by atoms with E-state index >= 15 is 0 Å². The fourth-order valence-electron chi connectivity index (χ4n) is 6.23. The summed E-state index contributed by atoms with van der Waals surface area (Å²) < 4.78 is 5.94. The molecule has 164 valence electrons. The number of fused-ring (bicyclic) bond motifs is 2. The molecule has 2 fully saturated rings. The summed E-state index contributed by atoms with van der Waals surface area (Å²) >= 11 is 0. The van der Waals surface area contributed by atoms with Gasteiger partial charge in [0, 0.05) is 19.0 Å². The van der Waals surface area contributed by atoms with Gasteiger partial charge in [-0.05, 0) is 63.5 Å². The Hall–Kier alpha value is -1.65. The molecule has 1 aliphatic heterocycles. The van der Waals surface area contributed by atoms with Crippen LogP contribution in [0.4, 0.5) is 0 Å². The average Bonchev–Trinajstić information content (AvgIpc) is 3.00. The van der Waals surface area contributed by atoms with Gasteiger partial charge >= 0.3 is 5.97 Å². The number of allylic oxidation sites excluding steroid dienone is 2. The Morgan fingerprint density at radius 3 is 2.73 bits per heavy atom. The van der Waals surface area contributed by atoms with Crippen molar-refractivity contribution >= 4 is 5.97 Å². The smallest absolute Gasteiger partial charge is 0.310 e. The minimum absolute atomic E-state index is 0.0386. The molecule has 30 heavy (non-hydrogen) atoms. The van der Waals surface area contributed by atoms with Crippen LogP contribution < -0.4 is 0 Å². The number of hydrogen-bond acceptors (Lipinski definition) is 4. The number of carbonyl (C=O) groups is 1. The van der Waals surface area contributed by atoms with Crippen molar-refractivity contribution in [2.45, 2.75) is 71.5 Å². The molecule has 1 saturated carbocycles. The zero-order valence-corrected chi connectivity index (χ0v) is 19.0. The quantitative estimate of drug-likeness (QED) is 0.546. The number of ether oxygens (including phenoxy) is 1. The number of benzene rings is 1. The topological polar surface area (TPSA) is 49.8 Å². The third kappa shape index (κ3) is 3.97. The van der Waals surface area contributed by atoms with E-state index in [1.165, 1.54) is 19.3 Å². The average molecular weight is 412 g/mol. The largest absolute Gasteiger partial charge is 0.462 e. The summed E-state index contributed by atoms with van der Waals surface area (Å²) in [7, 11) is 0. The molecule has 1 heterocycles. The summed E-state index contributed by atoms with van der Waals surface area (Å²) in [5.41, 5.74) is 3.30. The summed E-state index contributed by atoms with van der Waals surface area (Å²) in [5.74, 6) is 0.126. The lowest BCUT2D eigenvalue weighted by Gasteiger charge is -2.46. The van der Waals surface area contributed by atoms with Crippen molar-refractivity contribution in [3.63, 3.8) is 0 Å². The van der Waals surface area contributed by atoms with Crippen LogP contribution in [0.15, 0.2) is 41.5 Å². The van der Waals surface area contributed by atoms with Crippen molar-refractivity contribution < 1.29 is 14.6 Å². The molecular formula is C26H37NO3. The van der Waals surface area contributed by atoms with Gasteiger partial charge in [-0.2, -0.15) is 0 Å². The third-order valence-electron chi connectivity index (χ3n) is 8.01. The maximum absolute atomic E-state index is 12.9. The molecule has 4 rings (SSSR count). The molecule has 0 spiro atoms. The summed E-state index contributed by atoms with van der Waals surface area (Å²) in [6.45, 7) is 10.6. The van der Waals surface area contributed by atoms with Gasteiger partial charge in [-0.15, -0.1) is 0 Å². The zero-order valence-electron chi connectivity index (χ0n) is 19.0. The number of hydrogen-bond donors (Lipinski definition) is 1. The number of nitrogens with zero attached hydrogens (tertiary/aromatic N) is 1. The molecule has 1 N–H and O–H groups in total. The third-order valence-corrected chi connectivity index (χ3v) is 8.01. The molecule has 0 aromatic heterocycles. The predicted molar refractivity (Wildman–Crippen MR) is 119 cm³/mol. The lowest BCUT2D eigenvalue weighted by atomic mass is 9.59. The normalized spacial score (nSPS) is 33.1. The second-order valence-electron chi connectivity index (χ2n) is 10.3. The van der Waals surface area contributed by atoms with Crippen molar-refractivity contribution in [1.29, 1.82) is 0 Å². The molecule has 0 amide bonds. The second-order valence-corrected chi connectivity index (χ2v) is 10.3. The summed E-state index contributed by atoms with van der Waals surface area (Å²) in [5, 5.41) is 11.1. The summed E-state index contributed by atoms with van der Waals surface area (Å²) in [6.07, 6.45) is 5.68. The highest BCUT2D eigenvalue weighted by atomic mass is 16.6. The first-order chi connectivity index (χ1) is 14.2. The van der Waals surface area contributed by atoms with Gasteiger partial charge in [-0.1, -0.05) is 55.3 Å². The van der Waals surface area contributed by atoms with E-state index in [0.29, 0.717) is 13.1 Å². The van der Waals surface area contributed by atoms with E-state index in [1.54, 1.807) is 11.1 Å². The molecule has 4 heteroatoms. The highest BCUT2D eigenvalue weighted by Gasteiger charge is 2.53. The van der Waals surface area contributed by atoms with E-state index in [0.717, 1.165) is 24.9 Å². The standard InChI is InChI=1S/C26H37NO3/c1-5-27(17-26(4,29)19-11-7-6-8-12-19)16-21-20-14-22-18(2)10-9-13-25(22,3)15-23(20)30-24(21)28/h6-8,11-12,20-21,23,29H,5,9-10,13-17H2,1-4H3/t20-,21?,23-,25-,26-/m1/s1. The number of rotatable bonds is 6. The van der Waals surface area contributed by atoms with Crippen LogP contribution in [0, 0.1) is 17.3 Å². The van der Waals surface area contributed by atoms with Crippen molar-refractivity contribution in [2.75, 3.05) is 19.6 Å². The van der Waals surface area contributed by atoms with Gasteiger partial charge in [0.1, 0.15) is 6.10 Å². The number of aliphatic hydroxyl groups is 1. The minimum atomic E-state index is -0.952. The number of likely N-dealkylation sites (N-methyl/N-ethyl adjacent to an activating group) is 1. The van der Waals surface area contributed by atoms with E-state index in [-0.39, 0.29) is 29.3 Å². The van der Waals surface area contributed by atoms with E-state index in [1.807, 2.05) is 37.3 Å². The molecule has 1 saturated heterocycles. The van der Waals surface area contributed by atoms with E-state index in [9.17, 15) is 9.90 Å². The van der Waals surface area contributed by atoms with Crippen LogP contribution in [-0.2, 0) is 15.1 Å². The fourth-order valence-corrected chi connectivity index (χ4v) is 6.23. The van der Waals surface area contributed by atoms with Crippen LogP contribution in [0.25, 0.3) is 0 Å². The van der Waals surface area contributed by atoms with Gasteiger partial charge in [0.15, 0.2) is 0 Å². The van der Waals surface area contributed by atoms with Gasteiger partial charge in [-0.25, -0.2) is 0 Å². The van der Waals surface area contributed by atoms with Crippen LogP contribution >= 0.6 is 0 Å². The van der Waals surface area contributed by atoms with Crippen LogP contribution in [0.2, 0.25) is 0 Å². The molecule has 0 bridgehead atoms. The Labute approximate surface area is 181 Å². The summed E-state index contributed by atoms with van der Waals surface area (Å²) in [4.78, 5) is 15.1. The van der Waals surface area contributed by atoms with Gasteiger partial charge in [0.2, 0.25) is 0 Å². The first kappa shape index (κ1) is 21.6. The fraction of sp³-hybridized carbons (Fsp3) is 0.654. The molecule has 1 unspecified atom stereocenters. The highest BCUT2D eigenvalue weighted by Crippen LogP contribution is 2.55.